The fourth-order valence-corrected chi connectivity index (χ4v) is 3.25. The number of hydrogen-bond acceptors (Lipinski definition) is 6. The summed E-state index contributed by atoms with van der Waals surface area (Å²) in [5, 5.41) is 4.42. The summed E-state index contributed by atoms with van der Waals surface area (Å²) >= 11 is 5.76. The summed E-state index contributed by atoms with van der Waals surface area (Å²) in [6.45, 7) is 0.894. The van der Waals surface area contributed by atoms with Crippen LogP contribution in [-0.4, -0.2) is 40.1 Å². The molecular weight excluding hydrogens is 447 g/mol. The van der Waals surface area contributed by atoms with Crippen molar-refractivity contribution in [3.8, 4) is 22.8 Å². The highest BCUT2D eigenvalue weighted by Gasteiger charge is 2.09. The molecule has 4 rings (SSSR count). The molecule has 9 heteroatoms. The smallest absolute Gasteiger partial charge is 0.203 e. The van der Waals surface area contributed by atoms with Crippen molar-refractivity contribution in [2.75, 3.05) is 20.3 Å². The minimum absolute atomic E-state index is 0.0219. The molecule has 0 aliphatic rings. The summed E-state index contributed by atoms with van der Waals surface area (Å²) in [6, 6.07) is 13.3. The molecule has 0 aliphatic carbocycles. The van der Waals surface area contributed by atoms with E-state index < -0.39 is 5.82 Å². The summed E-state index contributed by atoms with van der Waals surface area (Å²) in [6.07, 6.45) is 5.00. The van der Waals surface area contributed by atoms with Crippen LogP contribution in [0.4, 0.5) is 4.39 Å². The molecule has 2 heterocycles. The quantitative estimate of drug-likeness (QED) is 0.364. The zero-order valence-electron chi connectivity index (χ0n) is 17.7. The first-order chi connectivity index (χ1) is 16.0. The molecule has 4 aromatic rings. The predicted octanol–water partition coefficient (Wildman–Crippen LogP) is 4.10. The lowest BCUT2D eigenvalue weighted by Crippen LogP contribution is -2.16. The Labute approximate surface area is 194 Å². The van der Waals surface area contributed by atoms with E-state index in [9.17, 15) is 9.18 Å². The molecule has 7 nitrogen and oxygen atoms in total. The van der Waals surface area contributed by atoms with Crippen molar-refractivity contribution in [3.63, 3.8) is 0 Å². The van der Waals surface area contributed by atoms with Gasteiger partial charge in [0, 0.05) is 37.4 Å². The van der Waals surface area contributed by atoms with Gasteiger partial charge in [-0.05, 0) is 23.8 Å². The molecule has 0 fully saturated rings. The van der Waals surface area contributed by atoms with Gasteiger partial charge >= 0.3 is 0 Å². The number of hydrogen-bond donors (Lipinski definition) is 0. The normalized spacial score (nSPS) is 10.9. The molecule has 2 aromatic heterocycles. The highest BCUT2D eigenvalue weighted by atomic mass is 35.5. The third kappa shape index (κ3) is 5.60. The molecule has 0 aliphatic heterocycles. The van der Waals surface area contributed by atoms with Crippen LogP contribution in [0.5, 0.6) is 5.75 Å². The van der Waals surface area contributed by atoms with Crippen LogP contribution >= 0.6 is 11.6 Å². The molecular formula is C24H20ClFN4O3. The predicted molar refractivity (Wildman–Crippen MR) is 122 cm³/mol. The second kappa shape index (κ2) is 10.3. The molecule has 0 atom stereocenters. The average Bonchev–Trinajstić information content (AvgIpc) is 2.83. The third-order valence-electron chi connectivity index (χ3n) is 4.79. The van der Waals surface area contributed by atoms with Crippen LogP contribution in [-0.2, 0) is 11.2 Å². The maximum Gasteiger partial charge on any atom is 0.203 e. The van der Waals surface area contributed by atoms with Crippen LogP contribution in [0.1, 0.15) is 11.3 Å². The fourth-order valence-electron chi connectivity index (χ4n) is 3.14. The summed E-state index contributed by atoms with van der Waals surface area (Å²) < 4.78 is 25.7. The summed E-state index contributed by atoms with van der Waals surface area (Å²) in [4.78, 5) is 21.1. The van der Waals surface area contributed by atoms with Crippen LogP contribution in [0.25, 0.3) is 17.1 Å². The largest absolute Gasteiger partial charge is 0.488 e. The van der Waals surface area contributed by atoms with E-state index in [0.29, 0.717) is 42.6 Å². The Balaban J connectivity index is 1.55. The fraction of sp³-hybridized carbons (Fsp3) is 0.167. The van der Waals surface area contributed by atoms with E-state index in [0.717, 1.165) is 11.1 Å². The number of halogens is 2. The van der Waals surface area contributed by atoms with E-state index in [4.69, 9.17) is 21.1 Å². The molecule has 0 unspecified atom stereocenters. The van der Waals surface area contributed by atoms with Crippen LogP contribution in [0, 0.1) is 5.82 Å². The minimum Gasteiger partial charge on any atom is -0.488 e. The molecule has 0 saturated carbocycles. The maximum atomic E-state index is 13.8. The molecule has 0 radical (unpaired) electrons. The summed E-state index contributed by atoms with van der Waals surface area (Å²) in [7, 11) is 1.60. The van der Waals surface area contributed by atoms with Crippen molar-refractivity contribution in [3.05, 3.63) is 99.4 Å². The molecule has 0 bridgehead atoms. The van der Waals surface area contributed by atoms with Gasteiger partial charge in [0.05, 0.1) is 29.7 Å². The molecule has 2 aromatic carbocycles. The van der Waals surface area contributed by atoms with Crippen molar-refractivity contribution in [2.45, 2.75) is 6.42 Å². The summed E-state index contributed by atoms with van der Waals surface area (Å²) in [5.41, 5.74) is 2.24. The average molecular weight is 467 g/mol. The highest BCUT2D eigenvalue weighted by Crippen LogP contribution is 2.20. The van der Waals surface area contributed by atoms with Gasteiger partial charge in [-0.1, -0.05) is 29.8 Å². The first-order valence-electron chi connectivity index (χ1n) is 10.1. The number of nitrogens with zero attached hydrogens (tertiary/aromatic N) is 4. The Hall–Kier alpha value is -3.62. The molecule has 0 spiro atoms. The SMILES string of the molecule is COCCOc1cnc(-c2cccc(Cc3nn(-c4ccc(Cl)c(F)c4)ccc3=O)c2)nc1. The van der Waals surface area contributed by atoms with Crippen LogP contribution < -0.4 is 10.2 Å². The van der Waals surface area contributed by atoms with Gasteiger partial charge in [-0.2, -0.15) is 5.10 Å². The Morgan fingerprint density at radius 1 is 1.06 bits per heavy atom. The lowest BCUT2D eigenvalue weighted by Gasteiger charge is -2.09. The number of methoxy groups -OCH3 is 1. The Bertz CT molecular complexity index is 1310. The Kier molecular flexibility index (Phi) is 7.07. The van der Waals surface area contributed by atoms with Gasteiger partial charge in [0.25, 0.3) is 0 Å². The van der Waals surface area contributed by atoms with Crippen molar-refractivity contribution >= 4 is 11.6 Å². The van der Waals surface area contributed by atoms with E-state index in [1.54, 1.807) is 25.6 Å². The van der Waals surface area contributed by atoms with E-state index in [1.165, 1.54) is 29.1 Å². The molecule has 168 valence electrons. The van der Waals surface area contributed by atoms with E-state index in [2.05, 4.69) is 15.1 Å². The van der Waals surface area contributed by atoms with Gasteiger partial charge < -0.3 is 9.47 Å². The first kappa shape index (κ1) is 22.6. The van der Waals surface area contributed by atoms with Crippen LogP contribution in [0.3, 0.4) is 0 Å². The first-order valence-corrected chi connectivity index (χ1v) is 10.5. The van der Waals surface area contributed by atoms with E-state index >= 15 is 0 Å². The second-order valence-corrected chi connectivity index (χ2v) is 7.54. The Morgan fingerprint density at radius 2 is 1.88 bits per heavy atom. The van der Waals surface area contributed by atoms with E-state index in [1.807, 2.05) is 24.3 Å². The van der Waals surface area contributed by atoms with Gasteiger partial charge in [-0.3, -0.25) is 4.79 Å². The standard InChI is InChI=1S/C24H20ClFN4O3/c1-32-9-10-33-19-14-27-24(28-15-19)17-4-2-3-16(11-17)12-22-23(31)7-8-30(29-22)18-5-6-20(25)21(26)13-18/h2-8,11,13-15H,9-10,12H2,1H3. The summed E-state index contributed by atoms with van der Waals surface area (Å²) in [5.74, 6) is 0.532. The van der Waals surface area contributed by atoms with Gasteiger partial charge in [0.15, 0.2) is 11.6 Å². The molecule has 0 N–H and O–H groups in total. The van der Waals surface area contributed by atoms with Gasteiger partial charge in [0.2, 0.25) is 5.43 Å². The van der Waals surface area contributed by atoms with Gasteiger partial charge in [-0.15, -0.1) is 0 Å². The van der Waals surface area contributed by atoms with Crippen molar-refractivity contribution in [1.29, 1.82) is 0 Å². The van der Waals surface area contributed by atoms with Gasteiger partial charge in [-0.25, -0.2) is 19.0 Å². The molecule has 0 amide bonds. The second-order valence-electron chi connectivity index (χ2n) is 7.13. The topological polar surface area (TPSA) is 79.1 Å². The van der Waals surface area contributed by atoms with Crippen molar-refractivity contribution in [2.24, 2.45) is 0 Å². The molecule has 0 saturated heterocycles. The number of rotatable bonds is 8. The zero-order chi connectivity index (χ0) is 23.2. The number of benzene rings is 2. The Morgan fingerprint density at radius 3 is 2.64 bits per heavy atom. The van der Waals surface area contributed by atoms with Crippen LogP contribution in [0.2, 0.25) is 5.02 Å². The van der Waals surface area contributed by atoms with Crippen LogP contribution in [0.15, 0.2) is 71.9 Å². The monoisotopic (exact) mass is 466 g/mol. The zero-order valence-corrected chi connectivity index (χ0v) is 18.5. The van der Waals surface area contributed by atoms with Gasteiger partial charge in [0.1, 0.15) is 18.1 Å². The molecule has 33 heavy (non-hydrogen) atoms. The number of ether oxygens (including phenoxy) is 2. The minimum atomic E-state index is -0.556. The lowest BCUT2D eigenvalue weighted by atomic mass is 10.1. The van der Waals surface area contributed by atoms with E-state index in [-0.39, 0.29) is 10.5 Å². The lowest BCUT2D eigenvalue weighted by molar-refractivity contribution is 0.146. The number of aromatic nitrogens is 4. The third-order valence-corrected chi connectivity index (χ3v) is 5.10. The highest BCUT2D eigenvalue weighted by molar-refractivity contribution is 6.30. The van der Waals surface area contributed by atoms with Crippen molar-refractivity contribution < 1.29 is 13.9 Å². The van der Waals surface area contributed by atoms with Crippen molar-refractivity contribution in [1.82, 2.24) is 19.7 Å². The maximum absolute atomic E-state index is 13.8.